The molecule has 1 N–H and O–H groups in total. The van der Waals surface area contributed by atoms with Gasteiger partial charge >= 0.3 is 0 Å². The summed E-state index contributed by atoms with van der Waals surface area (Å²) in [4.78, 5) is 0. The zero-order valence-electron chi connectivity index (χ0n) is 11.6. The number of nitrogens with one attached hydrogen (secondary N) is 1. The molecule has 2 aromatic rings. The van der Waals surface area contributed by atoms with E-state index in [1.807, 2.05) is 30.3 Å². The summed E-state index contributed by atoms with van der Waals surface area (Å²) >= 11 is 0. The molecule has 0 spiro atoms. The van der Waals surface area contributed by atoms with E-state index in [9.17, 15) is 0 Å². The van der Waals surface area contributed by atoms with Crippen LogP contribution < -0.4 is 10.1 Å². The van der Waals surface area contributed by atoms with Gasteiger partial charge in [-0.05, 0) is 49.6 Å². The van der Waals surface area contributed by atoms with Crippen molar-refractivity contribution in [3.63, 3.8) is 0 Å². The molecule has 2 heteroatoms. The summed E-state index contributed by atoms with van der Waals surface area (Å²) in [7, 11) is 0. The van der Waals surface area contributed by atoms with Crippen molar-refractivity contribution in [1.29, 1.82) is 0 Å². The Morgan fingerprint density at radius 2 is 1.74 bits per heavy atom. The third-order valence-corrected chi connectivity index (χ3v) is 3.25. The summed E-state index contributed by atoms with van der Waals surface area (Å²) in [5, 5.41) is 3.46. The number of aryl methyl sites for hydroxylation is 1. The predicted octanol–water partition coefficient (Wildman–Crippen LogP) is 4.18. The molecule has 0 saturated heterocycles. The molecule has 0 saturated carbocycles. The largest absolute Gasteiger partial charge is 0.494 e. The summed E-state index contributed by atoms with van der Waals surface area (Å²) < 4.78 is 5.66. The van der Waals surface area contributed by atoms with E-state index in [0.29, 0.717) is 0 Å². The second-order valence-electron chi connectivity index (χ2n) is 4.69. The van der Waals surface area contributed by atoms with Crippen molar-refractivity contribution < 1.29 is 4.74 Å². The number of benzene rings is 2. The third-order valence-electron chi connectivity index (χ3n) is 3.25. The second kappa shape index (κ2) is 6.83. The molecule has 2 aromatic carbocycles. The fourth-order valence-corrected chi connectivity index (χ4v) is 1.94. The van der Waals surface area contributed by atoms with Crippen LogP contribution in [0.25, 0.3) is 0 Å². The predicted molar refractivity (Wildman–Crippen MR) is 81.0 cm³/mol. The van der Waals surface area contributed by atoms with Gasteiger partial charge < -0.3 is 10.1 Å². The van der Waals surface area contributed by atoms with Gasteiger partial charge in [-0.1, -0.05) is 30.3 Å². The molecule has 0 radical (unpaired) electrons. The van der Waals surface area contributed by atoms with Crippen molar-refractivity contribution in [1.82, 2.24) is 0 Å². The van der Waals surface area contributed by atoms with E-state index in [1.54, 1.807) is 0 Å². The van der Waals surface area contributed by atoms with E-state index in [4.69, 9.17) is 4.74 Å². The van der Waals surface area contributed by atoms with Gasteiger partial charge in [0.1, 0.15) is 5.75 Å². The molecule has 0 aliphatic rings. The Hall–Kier alpha value is -1.96. The molecule has 2 nitrogen and oxygen atoms in total. The number of rotatable bonds is 6. The molecule has 2 rings (SSSR count). The number of ether oxygens (including phenoxy) is 1. The molecule has 0 atom stereocenters. The summed E-state index contributed by atoms with van der Waals surface area (Å²) in [5.74, 6) is 0.939. The molecule has 0 amide bonds. The lowest BCUT2D eigenvalue weighted by Crippen LogP contribution is -2.08. The van der Waals surface area contributed by atoms with Crippen LogP contribution in [-0.4, -0.2) is 13.2 Å². The maximum absolute atomic E-state index is 5.66. The fourth-order valence-electron chi connectivity index (χ4n) is 1.94. The molecule has 19 heavy (non-hydrogen) atoms. The first kappa shape index (κ1) is 13.5. The average Bonchev–Trinajstić information content (AvgIpc) is 2.44. The Labute approximate surface area is 115 Å². The highest BCUT2D eigenvalue weighted by molar-refractivity contribution is 5.53. The fraction of sp³-hybridized carbons (Fsp3) is 0.294. The van der Waals surface area contributed by atoms with Gasteiger partial charge in [0, 0.05) is 12.2 Å². The molecule has 0 unspecified atom stereocenters. The topological polar surface area (TPSA) is 21.3 Å². The molecule has 0 heterocycles. The highest BCUT2D eigenvalue weighted by Crippen LogP contribution is 2.17. The van der Waals surface area contributed by atoms with Crippen LogP contribution in [0, 0.1) is 13.8 Å². The lowest BCUT2D eigenvalue weighted by molar-refractivity contribution is 0.315. The molecular formula is C17H21NO. The van der Waals surface area contributed by atoms with Crippen LogP contribution in [0.5, 0.6) is 5.75 Å². The minimum absolute atomic E-state index is 0.738. The number of hydrogen-bond donors (Lipinski definition) is 1. The van der Waals surface area contributed by atoms with Crippen molar-refractivity contribution >= 4 is 5.69 Å². The zero-order chi connectivity index (χ0) is 13.5. The van der Waals surface area contributed by atoms with Crippen LogP contribution in [-0.2, 0) is 0 Å². The number of para-hydroxylation sites is 1. The van der Waals surface area contributed by atoms with Crippen LogP contribution in [0.15, 0.2) is 48.5 Å². The van der Waals surface area contributed by atoms with Gasteiger partial charge in [-0.3, -0.25) is 0 Å². The van der Waals surface area contributed by atoms with Crippen LogP contribution in [0.3, 0.4) is 0 Å². The van der Waals surface area contributed by atoms with E-state index in [-0.39, 0.29) is 0 Å². The third kappa shape index (κ3) is 4.02. The Balaban J connectivity index is 1.71. The van der Waals surface area contributed by atoms with Gasteiger partial charge in [0.2, 0.25) is 0 Å². The number of anilines is 1. The second-order valence-corrected chi connectivity index (χ2v) is 4.69. The molecule has 0 aliphatic heterocycles. The Morgan fingerprint density at radius 3 is 2.53 bits per heavy atom. The van der Waals surface area contributed by atoms with Crippen LogP contribution in [0.2, 0.25) is 0 Å². The molecule has 0 bridgehead atoms. The van der Waals surface area contributed by atoms with Crippen molar-refractivity contribution in [3.8, 4) is 5.75 Å². The summed E-state index contributed by atoms with van der Waals surface area (Å²) in [5.41, 5.74) is 3.87. The van der Waals surface area contributed by atoms with Crippen molar-refractivity contribution in [2.24, 2.45) is 0 Å². The van der Waals surface area contributed by atoms with Gasteiger partial charge in [-0.2, -0.15) is 0 Å². The van der Waals surface area contributed by atoms with E-state index < -0.39 is 0 Å². The summed E-state index contributed by atoms with van der Waals surface area (Å²) in [6.07, 6.45) is 0.988. The minimum atomic E-state index is 0.738. The highest BCUT2D eigenvalue weighted by atomic mass is 16.5. The number of hydrogen-bond acceptors (Lipinski definition) is 2. The van der Waals surface area contributed by atoms with E-state index >= 15 is 0 Å². The Kier molecular flexibility index (Phi) is 4.85. The molecule has 0 aromatic heterocycles. The van der Waals surface area contributed by atoms with E-state index in [1.165, 1.54) is 16.8 Å². The maximum Gasteiger partial charge on any atom is 0.119 e. The SMILES string of the molecule is Cc1cccc(NCCCOc2ccccc2)c1C. The minimum Gasteiger partial charge on any atom is -0.494 e. The molecule has 100 valence electrons. The van der Waals surface area contributed by atoms with Crippen molar-refractivity contribution in [2.45, 2.75) is 20.3 Å². The van der Waals surface area contributed by atoms with Crippen molar-refractivity contribution in [2.75, 3.05) is 18.5 Å². The van der Waals surface area contributed by atoms with Crippen LogP contribution in [0.4, 0.5) is 5.69 Å². The van der Waals surface area contributed by atoms with Crippen LogP contribution in [0.1, 0.15) is 17.5 Å². The Bertz CT molecular complexity index is 508. The smallest absolute Gasteiger partial charge is 0.119 e. The average molecular weight is 255 g/mol. The van der Waals surface area contributed by atoms with Gasteiger partial charge in [-0.25, -0.2) is 0 Å². The lowest BCUT2D eigenvalue weighted by Gasteiger charge is -2.11. The maximum atomic E-state index is 5.66. The van der Waals surface area contributed by atoms with Gasteiger partial charge in [0.05, 0.1) is 6.61 Å². The lowest BCUT2D eigenvalue weighted by atomic mass is 10.1. The monoisotopic (exact) mass is 255 g/mol. The standard InChI is InChI=1S/C17H21NO/c1-14-8-6-11-17(15(14)2)18-12-7-13-19-16-9-4-3-5-10-16/h3-6,8-11,18H,7,12-13H2,1-2H3. The van der Waals surface area contributed by atoms with E-state index in [0.717, 1.165) is 25.3 Å². The quantitative estimate of drug-likeness (QED) is 0.782. The van der Waals surface area contributed by atoms with Gasteiger partial charge in [0.15, 0.2) is 0 Å². The summed E-state index contributed by atoms with van der Waals surface area (Å²) in [6.45, 7) is 5.95. The summed E-state index contributed by atoms with van der Waals surface area (Å²) in [6, 6.07) is 16.3. The van der Waals surface area contributed by atoms with E-state index in [2.05, 4.69) is 37.4 Å². The molecule has 0 fully saturated rings. The van der Waals surface area contributed by atoms with Crippen molar-refractivity contribution in [3.05, 3.63) is 59.7 Å². The first-order chi connectivity index (χ1) is 9.27. The Morgan fingerprint density at radius 1 is 0.947 bits per heavy atom. The highest BCUT2D eigenvalue weighted by Gasteiger charge is 1.99. The van der Waals surface area contributed by atoms with Crippen LogP contribution >= 0.6 is 0 Å². The normalized spacial score (nSPS) is 10.2. The molecule has 0 aliphatic carbocycles. The zero-order valence-corrected chi connectivity index (χ0v) is 11.6. The van der Waals surface area contributed by atoms with Gasteiger partial charge in [0.25, 0.3) is 0 Å². The first-order valence-electron chi connectivity index (χ1n) is 6.75. The molecular weight excluding hydrogens is 234 g/mol. The first-order valence-corrected chi connectivity index (χ1v) is 6.75. The van der Waals surface area contributed by atoms with Gasteiger partial charge in [-0.15, -0.1) is 0 Å².